The molecule has 0 spiro atoms. The Hall–Kier alpha value is -2.01. The van der Waals surface area contributed by atoms with E-state index in [0.29, 0.717) is 29.5 Å². The molecular formula is C15H14ClNO4. The molecule has 3 rings (SSSR count). The number of esters is 1. The van der Waals surface area contributed by atoms with Gasteiger partial charge in [0.2, 0.25) is 0 Å². The van der Waals surface area contributed by atoms with E-state index < -0.39 is 0 Å². The first-order chi connectivity index (χ1) is 10.1. The lowest BCUT2D eigenvalue weighted by Crippen LogP contribution is -2.29. The molecule has 0 fully saturated rings. The SMILES string of the molecule is Cc1cc(COC(=O)[C@H]2COc3ccc(Cl)cc3C2)no1. The lowest BCUT2D eigenvalue weighted by atomic mass is 9.97. The average molecular weight is 308 g/mol. The van der Waals surface area contributed by atoms with Gasteiger partial charge in [-0.1, -0.05) is 16.8 Å². The van der Waals surface area contributed by atoms with Gasteiger partial charge < -0.3 is 14.0 Å². The highest BCUT2D eigenvalue weighted by atomic mass is 35.5. The quantitative estimate of drug-likeness (QED) is 0.816. The van der Waals surface area contributed by atoms with Crippen LogP contribution in [0.5, 0.6) is 5.75 Å². The number of fused-ring (bicyclic) bond motifs is 1. The van der Waals surface area contributed by atoms with Gasteiger partial charge >= 0.3 is 5.97 Å². The zero-order chi connectivity index (χ0) is 14.8. The molecule has 1 aromatic carbocycles. The summed E-state index contributed by atoms with van der Waals surface area (Å²) in [6, 6.07) is 7.14. The van der Waals surface area contributed by atoms with Crippen LogP contribution in [0.15, 0.2) is 28.8 Å². The van der Waals surface area contributed by atoms with Crippen LogP contribution >= 0.6 is 11.6 Å². The molecule has 0 amide bonds. The third-order valence-electron chi connectivity index (χ3n) is 3.30. The third-order valence-corrected chi connectivity index (χ3v) is 3.54. The van der Waals surface area contributed by atoms with E-state index in [0.717, 1.165) is 11.3 Å². The number of hydrogen-bond donors (Lipinski definition) is 0. The fourth-order valence-corrected chi connectivity index (χ4v) is 2.46. The van der Waals surface area contributed by atoms with Crippen LogP contribution in [0.1, 0.15) is 17.0 Å². The highest BCUT2D eigenvalue weighted by molar-refractivity contribution is 6.30. The van der Waals surface area contributed by atoms with Gasteiger partial charge in [0.1, 0.15) is 30.4 Å². The Bertz CT molecular complexity index is 667. The first-order valence-electron chi connectivity index (χ1n) is 6.62. The second kappa shape index (κ2) is 5.77. The van der Waals surface area contributed by atoms with Crippen molar-refractivity contribution in [3.8, 4) is 5.75 Å². The van der Waals surface area contributed by atoms with E-state index in [4.69, 9.17) is 25.6 Å². The van der Waals surface area contributed by atoms with Crippen LogP contribution in [-0.4, -0.2) is 17.7 Å². The van der Waals surface area contributed by atoms with E-state index in [1.807, 2.05) is 12.1 Å². The molecule has 110 valence electrons. The second-order valence-corrected chi connectivity index (χ2v) is 5.44. The second-order valence-electron chi connectivity index (χ2n) is 5.00. The first kappa shape index (κ1) is 13.9. The number of hydrogen-bond acceptors (Lipinski definition) is 5. The molecule has 6 heteroatoms. The van der Waals surface area contributed by atoms with Crippen LogP contribution in [0, 0.1) is 12.8 Å². The Morgan fingerprint density at radius 2 is 2.33 bits per heavy atom. The summed E-state index contributed by atoms with van der Waals surface area (Å²) in [4.78, 5) is 12.1. The maximum Gasteiger partial charge on any atom is 0.313 e. The van der Waals surface area contributed by atoms with Gasteiger partial charge in [-0.05, 0) is 37.1 Å². The minimum atomic E-state index is -0.330. The lowest BCUT2D eigenvalue weighted by Gasteiger charge is -2.24. The van der Waals surface area contributed by atoms with Crippen LogP contribution < -0.4 is 4.74 Å². The molecule has 5 nitrogen and oxygen atoms in total. The normalized spacial score (nSPS) is 17.0. The largest absolute Gasteiger partial charge is 0.492 e. The zero-order valence-corrected chi connectivity index (χ0v) is 12.2. The summed E-state index contributed by atoms with van der Waals surface area (Å²) in [5.41, 5.74) is 1.52. The van der Waals surface area contributed by atoms with E-state index in [9.17, 15) is 4.79 Å². The summed E-state index contributed by atoms with van der Waals surface area (Å²) >= 11 is 5.96. The molecule has 1 aliphatic heterocycles. The molecule has 0 N–H and O–H groups in total. The van der Waals surface area contributed by atoms with Crippen molar-refractivity contribution in [1.82, 2.24) is 5.16 Å². The highest BCUT2D eigenvalue weighted by Crippen LogP contribution is 2.30. The highest BCUT2D eigenvalue weighted by Gasteiger charge is 2.27. The summed E-state index contributed by atoms with van der Waals surface area (Å²) in [7, 11) is 0. The molecule has 21 heavy (non-hydrogen) atoms. The van der Waals surface area contributed by atoms with Crippen LogP contribution in [-0.2, 0) is 22.6 Å². The van der Waals surface area contributed by atoms with Crippen LogP contribution in [0.2, 0.25) is 5.02 Å². The number of aryl methyl sites for hydroxylation is 1. The summed E-state index contributed by atoms with van der Waals surface area (Å²) in [6.07, 6.45) is 0.562. The lowest BCUT2D eigenvalue weighted by molar-refractivity contribution is -0.151. The van der Waals surface area contributed by atoms with Crippen molar-refractivity contribution in [1.29, 1.82) is 0 Å². The molecule has 1 aromatic heterocycles. The van der Waals surface area contributed by atoms with Crippen LogP contribution in [0.25, 0.3) is 0 Å². The number of aromatic nitrogens is 1. The molecule has 0 saturated carbocycles. The molecule has 1 aliphatic rings. The molecule has 1 atom stereocenters. The van der Waals surface area contributed by atoms with E-state index in [-0.39, 0.29) is 18.5 Å². The molecule has 0 aliphatic carbocycles. The van der Waals surface area contributed by atoms with Gasteiger partial charge in [-0.3, -0.25) is 4.79 Å². The van der Waals surface area contributed by atoms with Gasteiger partial charge in [-0.15, -0.1) is 0 Å². The Morgan fingerprint density at radius 3 is 3.10 bits per heavy atom. The van der Waals surface area contributed by atoms with Gasteiger partial charge in [0.05, 0.1) is 5.92 Å². The maximum absolute atomic E-state index is 12.1. The third kappa shape index (κ3) is 3.19. The Labute approximate surface area is 126 Å². The molecule has 0 radical (unpaired) electrons. The van der Waals surface area contributed by atoms with Crippen molar-refractivity contribution in [3.63, 3.8) is 0 Å². The Kier molecular flexibility index (Phi) is 3.84. The Balaban J connectivity index is 1.61. The number of benzene rings is 1. The number of nitrogens with zero attached hydrogens (tertiary/aromatic N) is 1. The van der Waals surface area contributed by atoms with Gasteiger partial charge in [0.25, 0.3) is 0 Å². The summed E-state index contributed by atoms with van der Waals surface area (Å²) in [5.74, 6) is 0.825. The van der Waals surface area contributed by atoms with E-state index >= 15 is 0 Å². The number of ether oxygens (including phenoxy) is 2. The average Bonchev–Trinajstić information content (AvgIpc) is 2.89. The van der Waals surface area contributed by atoms with Gasteiger partial charge in [0, 0.05) is 11.1 Å². The maximum atomic E-state index is 12.1. The first-order valence-corrected chi connectivity index (χ1v) is 6.99. The van der Waals surface area contributed by atoms with Gasteiger partial charge in [-0.25, -0.2) is 0 Å². The predicted octanol–water partition coefficient (Wildman–Crippen LogP) is 2.93. The smallest absolute Gasteiger partial charge is 0.313 e. The monoisotopic (exact) mass is 307 g/mol. The van der Waals surface area contributed by atoms with E-state index in [1.165, 1.54) is 0 Å². The molecule has 0 unspecified atom stereocenters. The topological polar surface area (TPSA) is 61.6 Å². The van der Waals surface area contributed by atoms with E-state index in [2.05, 4.69) is 5.16 Å². The molecule has 2 aromatic rings. The molecular weight excluding hydrogens is 294 g/mol. The summed E-state index contributed by atoms with van der Waals surface area (Å²) in [5, 5.41) is 4.41. The Morgan fingerprint density at radius 1 is 1.48 bits per heavy atom. The van der Waals surface area contributed by atoms with Crippen molar-refractivity contribution >= 4 is 17.6 Å². The summed E-state index contributed by atoms with van der Waals surface area (Å²) in [6.45, 7) is 2.20. The van der Waals surface area contributed by atoms with Crippen LogP contribution in [0.3, 0.4) is 0 Å². The number of rotatable bonds is 3. The van der Waals surface area contributed by atoms with Crippen LogP contribution in [0.4, 0.5) is 0 Å². The number of carbonyl (C=O) groups excluding carboxylic acids is 1. The van der Waals surface area contributed by atoms with Gasteiger partial charge in [-0.2, -0.15) is 0 Å². The van der Waals surface area contributed by atoms with Crippen molar-refractivity contribution in [2.24, 2.45) is 5.92 Å². The summed E-state index contributed by atoms with van der Waals surface area (Å²) < 4.78 is 15.7. The molecule has 0 saturated heterocycles. The number of carbonyl (C=O) groups is 1. The zero-order valence-electron chi connectivity index (χ0n) is 11.5. The predicted molar refractivity (Wildman–Crippen MR) is 75.2 cm³/mol. The minimum absolute atomic E-state index is 0.106. The molecule has 2 heterocycles. The van der Waals surface area contributed by atoms with E-state index in [1.54, 1.807) is 19.1 Å². The standard InChI is InChI=1S/C15H14ClNO4/c1-9-4-13(17-21-9)8-20-15(18)11-5-10-6-12(16)2-3-14(10)19-7-11/h2-4,6,11H,5,7-8H2,1H3/t11-/m1/s1. The minimum Gasteiger partial charge on any atom is -0.492 e. The van der Waals surface area contributed by atoms with Crippen molar-refractivity contribution in [3.05, 3.63) is 46.3 Å². The molecule has 0 bridgehead atoms. The van der Waals surface area contributed by atoms with Gasteiger partial charge in [0.15, 0.2) is 0 Å². The van der Waals surface area contributed by atoms with Crippen molar-refractivity contribution < 1.29 is 18.8 Å². The van der Waals surface area contributed by atoms with Crippen molar-refractivity contribution in [2.45, 2.75) is 20.0 Å². The fraction of sp³-hybridized carbons (Fsp3) is 0.333. The van der Waals surface area contributed by atoms with Crippen molar-refractivity contribution in [2.75, 3.05) is 6.61 Å². The number of halogens is 1. The fourth-order valence-electron chi connectivity index (χ4n) is 2.26.